The number of primary amides is 1. The van der Waals surface area contributed by atoms with Gasteiger partial charge in [-0.25, -0.2) is 0 Å². The fourth-order valence-electron chi connectivity index (χ4n) is 2.35. The lowest BCUT2D eigenvalue weighted by molar-refractivity contribution is -0.129. The number of nitrogens with zero attached hydrogens (tertiary/aromatic N) is 1. The number of nitrogens with one attached hydrogen (secondary N) is 1. The van der Waals surface area contributed by atoms with Crippen LogP contribution in [0.2, 0.25) is 5.02 Å². The van der Waals surface area contributed by atoms with Crippen molar-refractivity contribution >= 4 is 29.1 Å². The number of halogens is 1. The fourth-order valence-corrected chi connectivity index (χ4v) is 2.56. The number of nitrogens with two attached hydrogens (primary N) is 1. The summed E-state index contributed by atoms with van der Waals surface area (Å²) in [5.74, 6) is -0.504. The highest BCUT2D eigenvalue weighted by Gasteiger charge is 2.32. The summed E-state index contributed by atoms with van der Waals surface area (Å²) in [4.78, 5) is 25.3. The third-order valence-corrected chi connectivity index (χ3v) is 3.77. The molecule has 1 aliphatic rings. The molecule has 1 saturated heterocycles. The van der Waals surface area contributed by atoms with E-state index in [-0.39, 0.29) is 23.6 Å². The summed E-state index contributed by atoms with van der Waals surface area (Å²) in [5, 5.41) is 3.45. The molecule has 0 spiro atoms. The maximum absolute atomic E-state index is 12.2. The van der Waals surface area contributed by atoms with E-state index in [1.54, 1.807) is 18.2 Å². The Bertz CT molecular complexity index is 545. The lowest BCUT2D eigenvalue weighted by Crippen LogP contribution is -2.37. The molecule has 1 aromatic rings. The highest BCUT2D eigenvalue weighted by atomic mass is 35.5. The molecule has 3 N–H and O–H groups in total. The molecule has 2 amide bonds. The van der Waals surface area contributed by atoms with E-state index in [1.165, 1.54) is 0 Å². The maximum atomic E-state index is 12.2. The van der Waals surface area contributed by atoms with Gasteiger partial charge in [0.15, 0.2) is 0 Å². The Kier molecular flexibility index (Phi) is 4.18. The number of carbonyl (C=O) groups is 2. The van der Waals surface area contributed by atoms with Crippen LogP contribution in [-0.2, 0) is 4.79 Å². The first-order chi connectivity index (χ1) is 9.40. The molecule has 0 unspecified atom stereocenters. The predicted molar refractivity (Wildman–Crippen MR) is 78.8 cm³/mol. The van der Waals surface area contributed by atoms with Crippen molar-refractivity contribution in [1.29, 1.82) is 0 Å². The van der Waals surface area contributed by atoms with E-state index in [0.717, 1.165) is 13.0 Å². The van der Waals surface area contributed by atoms with Crippen molar-refractivity contribution in [2.45, 2.75) is 32.4 Å². The molecule has 0 radical (unpaired) electrons. The van der Waals surface area contributed by atoms with Gasteiger partial charge >= 0.3 is 0 Å². The van der Waals surface area contributed by atoms with E-state index >= 15 is 0 Å². The summed E-state index contributed by atoms with van der Waals surface area (Å²) in [7, 11) is 0. The van der Waals surface area contributed by atoms with E-state index in [9.17, 15) is 9.59 Å². The second-order valence-electron chi connectivity index (χ2n) is 5.17. The van der Waals surface area contributed by atoms with Crippen molar-refractivity contribution in [2.75, 3.05) is 11.9 Å². The van der Waals surface area contributed by atoms with Gasteiger partial charge in [0, 0.05) is 18.3 Å². The smallest absolute Gasteiger partial charge is 0.250 e. The molecule has 1 fully saturated rings. The molecule has 2 rings (SSSR count). The Hall–Kier alpha value is -1.75. The molecule has 0 aromatic heterocycles. The molecular weight excluding hydrogens is 278 g/mol. The SMILES string of the molecule is CC(C)N1CC[C@@H](Nc2ccc(Cl)c(C(N)=O)c2)C1=O. The number of carbonyl (C=O) groups excluding carboxylic acids is 2. The highest BCUT2D eigenvalue weighted by Crippen LogP contribution is 2.23. The Labute approximate surface area is 123 Å². The molecule has 0 bridgehead atoms. The summed E-state index contributed by atoms with van der Waals surface area (Å²) in [6, 6.07) is 4.85. The van der Waals surface area contributed by atoms with Crippen LogP contribution in [0, 0.1) is 0 Å². The number of benzene rings is 1. The van der Waals surface area contributed by atoms with Crippen LogP contribution in [0.3, 0.4) is 0 Å². The van der Waals surface area contributed by atoms with E-state index in [1.807, 2.05) is 18.7 Å². The van der Waals surface area contributed by atoms with Gasteiger partial charge in [-0.05, 0) is 38.5 Å². The Morgan fingerprint density at radius 3 is 2.75 bits per heavy atom. The zero-order valence-electron chi connectivity index (χ0n) is 11.5. The lowest BCUT2D eigenvalue weighted by Gasteiger charge is -2.21. The third kappa shape index (κ3) is 2.88. The van der Waals surface area contributed by atoms with Gasteiger partial charge in [-0.3, -0.25) is 9.59 Å². The monoisotopic (exact) mass is 295 g/mol. The van der Waals surface area contributed by atoms with Crippen molar-refractivity contribution in [3.63, 3.8) is 0 Å². The summed E-state index contributed by atoms with van der Waals surface area (Å²) >= 11 is 5.90. The highest BCUT2D eigenvalue weighted by molar-refractivity contribution is 6.33. The zero-order valence-corrected chi connectivity index (χ0v) is 12.3. The van der Waals surface area contributed by atoms with Gasteiger partial charge in [-0.2, -0.15) is 0 Å². The van der Waals surface area contributed by atoms with Crippen molar-refractivity contribution in [3.8, 4) is 0 Å². The fraction of sp³-hybridized carbons (Fsp3) is 0.429. The molecule has 0 saturated carbocycles. The molecule has 1 aromatic carbocycles. The summed E-state index contributed by atoms with van der Waals surface area (Å²) < 4.78 is 0. The first-order valence-electron chi connectivity index (χ1n) is 6.56. The number of rotatable bonds is 4. The van der Waals surface area contributed by atoms with E-state index in [4.69, 9.17) is 17.3 Å². The molecule has 20 heavy (non-hydrogen) atoms. The Morgan fingerprint density at radius 1 is 1.50 bits per heavy atom. The van der Waals surface area contributed by atoms with Crippen molar-refractivity contribution in [1.82, 2.24) is 4.90 Å². The van der Waals surface area contributed by atoms with Gasteiger partial charge in [0.1, 0.15) is 6.04 Å². The Balaban J connectivity index is 2.14. The van der Waals surface area contributed by atoms with Crippen molar-refractivity contribution in [3.05, 3.63) is 28.8 Å². The average molecular weight is 296 g/mol. The van der Waals surface area contributed by atoms with E-state index in [2.05, 4.69) is 5.32 Å². The molecular formula is C14H18ClN3O2. The first-order valence-corrected chi connectivity index (χ1v) is 6.94. The quantitative estimate of drug-likeness (QED) is 0.890. The van der Waals surface area contributed by atoms with Crippen LogP contribution >= 0.6 is 11.6 Å². The minimum atomic E-state index is -0.583. The van der Waals surface area contributed by atoms with Crippen LogP contribution in [-0.4, -0.2) is 35.3 Å². The largest absolute Gasteiger partial charge is 0.374 e. The third-order valence-electron chi connectivity index (χ3n) is 3.44. The van der Waals surface area contributed by atoms with Gasteiger partial charge in [0.2, 0.25) is 11.8 Å². The van der Waals surface area contributed by atoms with Crippen LogP contribution in [0.5, 0.6) is 0 Å². The molecule has 1 aliphatic heterocycles. The maximum Gasteiger partial charge on any atom is 0.250 e. The molecule has 1 atom stereocenters. The van der Waals surface area contributed by atoms with E-state index < -0.39 is 5.91 Å². The van der Waals surface area contributed by atoms with Gasteiger partial charge < -0.3 is 16.0 Å². The molecule has 0 aliphatic carbocycles. The molecule has 6 heteroatoms. The average Bonchev–Trinajstić information content (AvgIpc) is 2.73. The van der Waals surface area contributed by atoms with E-state index in [0.29, 0.717) is 10.7 Å². The predicted octanol–water partition coefficient (Wildman–Crippen LogP) is 1.86. The minimum Gasteiger partial charge on any atom is -0.374 e. The first kappa shape index (κ1) is 14.7. The molecule has 108 valence electrons. The van der Waals surface area contributed by atoms with Gasteiger partial charge in [-0.1, -0.05) is 11.6 Å². The second-order valence-corrected chi connectivity index (χ2v) is 5.58. The van der Waals surface area contributed by atoms with Crippen LogP contribution in [0.25, 0.3) is 0 Å². The van der Waals surface area contributed by atoms with Crippen LogP contribution < -0.4 is 11.1 Å². The molecule has 5 nitrogen and oxygen atoms in total. The summed E-state index contributed by atoms with van der Waals surface area (Å²) in [6.07, 6.45) is 0.742. The number of amides is 2. The van der Waals surface area contributed by atoms with Gasteiger partial charge in [0.05, 0.1) is 10.6 Å². The summed E-state index contributed by atoms with van der Waals surface area (Å²) in [5.41, 5.74) is 6.18. The number of anilines is 1. The number of likely N-dealkylation sites (tertiary alicyclic amines) is 1. The van der Waals surface area contributed by atoms with Crippen molar-refractivity contribution in [2.24, 2.45) is 5.73 Å². The second kappa shape index (κ2) is 5.71. The number of hydrogen-bond donors (Lipinski definition) is 2. The summed E-state index contributed by atoms with van der Waals surface area (Å²) in [6.45, 7) is 4.73. The topological polar surface area (TPSA) is 75.4 Å². The molecule has 1 heterocycles. The lowest BCUT2D eigenvalue weighted by atomic mass is 10.1. The van der Waals surface area contributed by atoms with Crippen LogP contribution in [0.4, 0.5) is 5.69 Å². The standard InChI is InChI=1S/C14H18ClN3O2/c1-8(2)18-6-5-12(14(18)20)17-9-3-4-11(15)10(7-9)13(16)19/h3-4,7-8,12,17H,5-6H2,1-2H3,(H2,16,19)/t12-/m1/s1. The minimum absolute atomic E-state index is 0.0792. The van der Waals surface area contributed by atoms with Gasteiger partial charge in [0.25, 0.3) is 0 Å². The number of hydrogen-bond acceptors (Lipinski definition) is 3. The van der Waals surface area contributed by atoms with Crippen LogP contribution in [0.15, 0.2) is 18.2 Å². The van der Waals surface area contributed by atoms with Crippen LogP contribution in [0.1, 0.15) is 30.6 Å². The van der Waals surface area contributed by atoms with Gasteiger partial charge in [-0.15, -0.1) is 0 Å². The van der Waals surface area contributed by atoms with Crippen molar-refractivity contribution < 1.29 is 9.59 Å². The zero-order chi connectivity index (χ0) is 14.9. The normalized spacial score (nSPS) is 18.7. The Morgan fingerprint density at radius 2 is 2.20 bits per heavy atom.